The molecule has 0 aliphatic carbocycles. The average molecular weight is 269 g/mol. The molecule has 108 valence electrons. The molecule has 5 nitrogen and oxygen atoms in total. The van der Waals surface area contributed by atoms with Crippen LogP contribution in [0.4, 0.5) is 0 Å². The summed E-state index contributed by atoms with van der Waals surface area (Å²) in [6.07, 6.45) is 1.07. The minimum atomic E-state index is -0.560. The molecule has 0 radical (unpaired) electrons. The van der Waals surface area contributed by atoms with Crippen LogP contribution in [0.3, 0.4) is 0 Å². The van der Waals surface area contributed by atoms with E-state index in [0.29, 0.717) is 0 Å². The number of ether oxygens (including phenoxy) is 2. The van der Waals surface area contributed by atoms with Crippen molar-refractivity contribution < 1.29 is 19.1 Å². The highest BCUT2D eigenvalue weighted by Crippen LogP contribution is 2.11. The van der Waals surface area contributed by atoms with Crippen LogP contribution in [0.5, 0.6) is 0 Å². The van der Waals surface area contributed by atoms with E-state index in [1.54, 1.807) is 0 Å². The van der Waals surface area contributed by atoms with Gasteiger partial charge in [-0.2, -0.15) is 0 Å². The summed E-state index contributed by atoms with van der Waals surface area (Å²) in [5.41, 5.74) is 0. The van der Waals surface area contributed by atoms with Crippen LogP contribution in [-0.2, 0) is 19.1 Å². The van der Waals surface area contributed by atoms with E-state index in [9.17, 15) is 9.59 Å². The molecule has 0 heterocycles. The number of carbonyl (C=O) groups excluding carboxylic acids is 2. The number of esters is 2. The number of hydrogen-bond acceptors (Lipinski definition) is 5. The summed E-state index contributed by atoms with van der Waals surface area (Å²) in [5, 5.41) is 3.00. The molecule has 0 fully saturated rings. The van der Waals surface area contributed by atoms with E-state index in [4.69, 9.17) is 9.47 Å². The van der Waals surface area contributed by atoms with Gasteiger partial charge in [-0.3, -0.25) is 0 Å². The fourth-order valence-electron chi connectivity index (χ4n) is 1.23. The molecule has 0 aliphatic rings. The Morgan fingerprint density at radius 3 is 1.42 bits per heavy atom. The molecule has 0 aromatic heterocycles. The lowest BCUT2D eigenvalue weighted by atomic mass is 10.1. The van der Waals surface area contributed by atoms with Crippen LogP contribution in [-0.4, -0.2) is 24.4 Å². The third kappa shape index (κ3) is 6.76. The topological polar surface area (TPSA) is 64.6 Å². The smallest absolute Gasteiger partial charge is 0.331 e. The Kier molecular flexibility index (Phi) is 7.75. The molecular formula is C14H23NO4. The molecule has 2 unspecified atom stereocenters. The summed E-state index contributed by atoms with van der Waals surface area (Å²) in [6, 6.07) is 0. The van der Waals surface area contributed by atoms with Crippen molar-refractivity contribution in [1.82, 2.24) is 5.32 Å². The second-order valence-electron chi connectivity index (χ2n) is 4.78. The summed E-state index contributed by atoms with van der Waals surface area (Å²) in [7, 11) is 0. The molecule has 0 spiro atoms. The maximum Gasteiger partial charge on any atom is 0.331 e. The summed E-state index contributed by atoms with van der Waals surface area (Å²) < 4.78 is 10.3. The first-order valence-electron chi connectivity index (χ1n) is 6.24. The number of nitrogens with one attached hydrogen (secondary N) is 1. The molecule has 0 rings (SSSR count). The molecule has 1 N–H and O–H groups in total. The Hall–Kier alpha value is -1.62. The van der Waals surface area contributed by atoms with Crippen molar-refractivity contribution in [3.8, 4) is 0 Å². The molecule has 19 heavy (non-hydrogen) atoms. The van der Waals surface area contributed by atoms with E-state index in [2.05, 4.69) is 18.5 Å². The Labute approximate surface area is 114 Å². The predicted octanol–water partition coefficient (Wildman–Crippen LogP) is 2.00. The Bertz CT molecular complexity index is 304. The average Bonchev–Trinajstić information content (AvgIpc) is 2.35. The van der Waals surface area contributed by atoms with E-state index in [1.165, 1.54) is 0 Å². The normalized spacial score (nSPS) is 13.8. The highest BCUT2D eigenvalue weighted by molar-refractivity contribution is 5.81. The largest absolute Gasteiger partial charge is 0.443 e. The van der Waals surface area contributed by atoms with Gasteiger partial charge in [0.15, 0.2) is 12.5 Å². The van der Waals surface area contributed by atoms with Crippen molar-refractivity contribution in [3.63, 3.8) is 0 Å². The maximum absolute atomic E-state index is 11.3. The Morgan fingerprint density at radius 2 is 1.21 bits per heavy atom. The lowest BCUT2D eigenvalue weighted by Crippen LogP contribution is -2.48. The Balaban J connectivity index is 4.74. The first-order chi connectivity index (χ1) is 8.81. The fraction of sp³-hybridized carbons (Fsp3) is 0.571. The van der Waals surface area contributed by atoms with Crippen LogP contribution in [0, 0.1) is 11.8 Å². The highest BCUT2D eigenvalue weighted by Gasteiger charge is 2.25. The van der Waals surface area contributed by atoms with Gasteiger partial charge in [-0.25, -0.2) is 14.9 Å². The first kappa shape index (κ1) is 17.4. The number of carbonyl (C=O) groups is 2. The van der Waals surface area contributed by atoms with Gasteiger partial charge >= 0.3 is 11.9 Å². The lowest BCUT2D eigenvalue weighted by Gasteiger charge is -2.29. The zero-order chi connectivity index (χ0) is 15.0. The summed E-state index contributed by atoms with van der Waals surface area (Å²) >= 11 is 0. The van der Waals surface area contributed by atoms with Gasteiger partial charge in [0, 0.05) is 24.0 Å². The van der Waals surface area contributed by atoms with Crippen molar-refractivity contribution in [1.29, 1.82) is 0 Å². The van der Waals surface area contributed by atoms with E-state index in [-0.39, 0.29) is 11.8 Å². The Morgan fingerprint density at radius 1 is 0.895 bits per heavy atom. The van der Waals surface area contributed by atoms with Crippen LogP contribution in [0.15, 0.2) is 25.3 Å². The molecule has 0 aliphatic heterocycles. The van der Waals surface area contributed by atoms with Crippen LogP contribution in [0.2, 0.25) is 0 Å². The van der Waals surface area contributed by atoms with Crippen molar-refractivity contribution in [2.45, 2.75) is 40.2 Å². The molecule has 2 atom stereocenters. The van der Waals surface area contributed by atoms with Crippen LogP contribution < -0.4 is 5.32 Å². The molecule has 5 heteroatoms. The van der Waals surface area contributed by atoms with Gasteiger partial charge in [0.2, 0.25) is 0 Å². The van der Waals surface area contributed by atoms with Crippen LogP contribution >= 0.6 is 0 Å². The van der Waals surface area contributed by atoms with Gasteiger partial charge in [-0.1, -0.05) is 40.9 Å². The fourth-order valence-corrected chi connectivity index (χ4v) is 1.23. The summed E-state index contributed by atoms with van der Waals surface area (Å²) in [4.78, 5) is 22.5. The minimum Gasteiger partial charge on any atom is -0.443 e. The molecule has 0 amide bonds. The standard InChI is InChI=1S/C14H23NO4/c1-7-11(16)18-13(9(3)4)15-14(10(5)6)19-12(17)8-2/h7-10,13-15H,1-2H2,3-6H3. The van der Waals surface area contributed by atoms with Gasteiger partial charge < -0.3 is 9.47 Å². The zero-order valence-corrected chi connectivity index (χ0v) is 12.0. The predicted molar refractivity (Wildman–Crippen MR) is 73.0 cm³/mol. The minimum absolute atomic E-state index is 0.0209. The maximum atomic E-state index is 11.3. The van der Waals surface area contributed by atoms with Crippen molar-refractivity contribution >= 4 is 11.9 Å². The summed E-state index contributed by atoms with van der Waals surface area (Å²) in [6.45, 7) is 14.3. The number of rotatable bonds is 8. The van der Waals surface area contributed by atoms with Crippen LogP contribution in [0.25, 0.3) is 0 Å². The number of hydrogen-bond donors (Lipinski definition) is 1. The molecule has 0 bridgehead atoms. The van der Waals surface area contributed by atoms with Gasteiger partial charge in [0.25, 0.3) is 0 Å². The van der Waals surface area contributed by atoms with Crippen molar-refractivity contribution in [2.24, 2.45) is 11.8 Å². The lowest BCUT2D eigenvalue weighted by molar-refractivity contribution is -0.158. The van der Waals surface area contributed by atoms with Gasteiger partial charge in [0.1, 0.15) is 0 Å². The SMILES string of the molecule is C=CC(=O)OC(NC(OC(=O)C=C)C(C)C)C(C)C. The third-order valence-corrected chi connectivity index (χ3v) is 2.36. The van der Waals surface area contributed by atoms with Crippen LogP contribution in [0.1, 0.15) is 27.7 Å². The molecule has 0 saturated carbocycles. The second-order valence-corrected chi connectivity index (χ2v) is 4.78. The van der Waals surface area contributed by atoms with Crippen molar-refractivity contribution in [2.75, 3.05) is 0 Å². The van der Waals surface area contributed by atoms with Gasteiger partial charge in [0.05, 0.1) is 0 Å². The van der Waals surface area contributed by atoms with Gasteiger partial charge in [-0.05, 0) is 0 Å². The van der Waals surface area contributed by atoms with E-state index in [0.717, 1.165) is 12.2 Å². The summed E-state index contributed by atoms with van der Waals surface area (Å²) in [5.74, 6) is -1.01. The first-order valence-corrected chi connectivity index (χ1v) is 6.24. The molecule has 0 aromatic rings. The van der Waals surface area contributed by atoms with E-state index >= 15 is 0 Å². The molecular weight excluding hydrogens is 246 g/mol. The second kappa shape index (κ2) is 8.48. The quantitative estimate of drug-likeness (QED) is 0.415. The molecule has 0 saturated heterocycles. The zero-order valence-electron chi connectivity index (χ0n) is 12.0. The third-order valence-electron chi connectivity index (χ3n) is 2.36. The monoisotopic (exact) mass is 269 g/mol. The van der Waals surface area contributed by atoms with E-state index in [1.807, 2.05) is 27.7 Å². The highest BCUT2D eigenvalue weighted by atomic mass is 16.6. The van der Waals surface area contributed by atoms with Gasteiger partial charge in [-0.15, -0.1) is 0 Å². The van der Waals surface area contributed by atoms with Crippen molar-refractivity contribution in [3.05, 3.63) is 25.3 Å². The van der Waals surface area contributed by atoms with E-state index < -0.39 is 24.4 Å². The molecule has 0 aromatic carbocycles.